The molecule has 1 aliphatic heterocycles. The Morgan fingerprint density at radius 3 is 2.52 bits per heavy atom. The van der Waals surface area contributed by atoms with E-state index in [-0.39, 0.29) is 17.7 Å². The van der Waals surface area contributed by atoms with E-state index in [1.165, 1.54) is 0 Å². The molecule has 0 aromatic heterocycles. The van der Waals surface area contributed by atoms with Gasteiger partial charge in [0, 0.05) is 17.4 Å². The highest BCUT2D eigenvalue weighted by atomic mass is 16.5. The van der Waals surface area contributed by atoms with Gasteiger partial charge in [-0.3, -0.25) is 4.79 Å². The van der Waals surface area contributed by atoms with Crippen molar-refractivity contribution >= 4 is 11.6 Å². The van der Waals surface area contributed by atoms with Crippen LogP contribution in [-0.2, 0) is 4.79 Å². The van der Waals surface area contributed by atoms with Gasteiger partial charge in [-0.25, -0.2) is 5.43 Å². The molecule has 1 heterocycles. The van der Waals surface area contributed by atoms with Crippen LogP contribution in [0.5, 0.6) is 11.5 Å². The van der Waals surface area contributed by atoms with Crippen molar-refractivity contribution in [3.05, 3.63) is 23.8 Å². The molecule has 1 N–H and O–H groups in total. The average Bonchev–Trinajstić information content (AvgIpc) is 2.55. The zero-order valence-corrected chi connectivity index (χ0v) is 12.4. The summed E-state index contributed by atoms with van der Waals surface area (Å²) in [6, 6.07) is 5.79. The smallest absolute Gasteiger partial charge is 0.243 e. The Labute approximate surface area is 124 Å². The van der Waals surface area contributed by atoms with Gasteiger partial charge in [0.2, 0.25) is 5.91 Å². The Bertz CT molecular complexity index is 583. The monoisotopic (exact) mass is 288 g/mol. The topological polar surface area (TPSA) is 59.9 Å². The fourth-order valence-electron chi connectivity index (χ4n) is 3.33. The Hall–Kier alpha value is -2.04. The highest BCUT2D eigenvalue weighted by Gasteiger charge is 2.37. The highest BCUT2D eigenvalue weighted by molar-refractivity contribution is 6.07. The summed E-state index contributed by atoms with van der Waals surface area (Å²) < 4.78 is 10.6. The fourth-order valence-corrected chi connectivity index (χ4v) is 3.33. The molecule has 1 amide bonds. The molecule has 2 atom stereocenters. The zero-order valence-electron chi connectivity index (χ0n) is 12.4. The number of amides is 1. The molecule has 0 radical (unpaired) electrons. The predicted octanol–water partition coefficient (Wildman–Crippen LogP) is 2.34. The van der Waals surface area contributed by atoms with Gasteiger partial charge in [0.25, 0.3) is 0 Å². The molecule has 112 valence electrons. The van der Waals surface area contributed by atoms with Crippen LogP contribution in [0.1, 0.15) is 31.2 Å². The average molecular weight is 288 g/mol. The molecular formula is C16H20N2O3. The minimum Gasteiger partial charge on any atom is -0.493 e. The molecule has 0 bridgehead atoms. The van der Waals surface area contributed by atoms with Gasteiger partial charge in [-0.2, -0.15) is 5.10 Å². The van der Waals surface area contributed by atoms with Gasteiger partial charge in [0.15, 0.2) is 11.5 Å². The van der Waals surface area contributed by atoms with E-state index in [2.05, 4.69) is 10.5 Å². The van der Waals surface area contributed by atoms with Crippen LogP contribution in [0.2, 0.25) is 0 Å². The summed E-state index contributed by atoms with van der Waals surface area (Å²) in [4.78, 5) is 12.0. The first-order chi connectivity index (χ1) is 10.2. The molecule has 0 spiro atoms. The van der Waals surface area contributed by atoms with Crippen molar-refractivity contribution < 1.29 is 14.3 Å². The number of benzene rings is 1. The molecule has 1 aliphatic carbocycles. The van der Waals surface area contributed by atoms with E-state index in [0.29, 0.717) is 11.5 Å². The summed E-state index contributed by atoms with van der Waals surface area (Å²) in [6.45, 7) is 0. The lowest BCUT2D eigenvalue weighted by molar-refractivity contribution is -0.127. The summed E-state index contributed by atoms with van der Waals surface area (Å²) in [5, 5.41) is 4.32. The molecule has 0 unspecified atom stereocenters. The Balaban J connectivity index is 1.97. The number of rotatable bonds is 3. The van der Waals surface area contributed by atoms with Gasteiger partial charge in [-0.15, -0.1) is 0 Å². The lowest BCUT2D eigenvalue weighted by atomic mass is 9.74. The molecular weight excluding hydrogens is 268 g/mol. The number of hydrogen-bond acceptors (Lipinski definition) is 4. The maximum Gasteiger partial charge on any atom is 0.243 e. The van der Waals surface area contributed by atoms with E-state index in [1.54, 1.807) is 14.2 Å². The van der Waals surface area contributed by atoms with E-state index in [0.717, 1.165) is 37.0 Å². The third kappa shape index (κ3) is 2.48. The van der Waals surface area contributed by atoms with E-state index in [4.69, 9.17) is 9.47 Å². The van der Waals surface area contributed by atoms with Crippen molar-refractivity contribution in [2.45, 2.75) is 25.7 Å². The summed E-state index contributed by atoms with van der Waals surface area (Å²) in [5.41, 5.74) is 4.62. The van der Waals surface area contributed by atoms with Gasteiger partial charge in [-0.1, -0.05) is 12.8 Å². The normalized spacial score (nSPS) is 24.7. The van der Waals surface area contributed by atoms with Gasteiger partial charge in [-0.05, 0) is 31.0 Å². The molecule has 1 fully saturated rings. The van der Waals surface area contributed by atoms with Gasteiger partial charge < -0.3 is 9.47 Å². The highest BCUT2D eigenvalue weighted by Crippen LogP contribution is 2.36. The van der Waals surface area contributed by atoms with Crippen LogP contribution in [-0.4, -0.2) is 25.8 Å². The molecule has 2 aliphatic rings. The van der Waals surface area contributed by atoms with E-state index >= 15 is 0 Å². The number of hydrazone groups is 1. The summed E-state index contributed by atoms with van der Waals surface area (Å²) in [6.07, 6.45) is 4.24. The number of carbonyl (C=O) groups is 1. The number of nitrogens with zero attached hydrogens (tertiary/aromatic N) is 1. The Kier molecular flexibility index (Phi) is 3.82. The second-order valence-electron chi connectivity index (χ2n) is 5.54. The molecule has 3 rings (SSSR count). The summed E-state index contributed by atoms with van der Waals surface area (Å²) in [5.74, 6) is 1.71. The zero-order chi connectivity index (χ0) is 14.8. The van der Waals surface area contributed by atoms with Gasteiger partial charge in [0.05, 0.1) is 19.9 Å². The Morgan fingerprint density at radius 2 is 1.81 bits per heavy atom. The van der Waals surface area contributed by atoms with E-state index in [9.17, 15) is 4.79 Å². The Morgan fingerprint density at radius 1 is 1.10 bits per heavy atom. The second kappa shape index (κ2) is 5.76. The van der Waals surface area contributed by atoms with Crippen molar-refractivity contribution in [1.29, 1.82) is 0 Å². The van der Waals surface area contributed by atoms with Gasteiger partial charge in [0.1, 0.15) is 0 Å². The van der Waals surface area contributed by atoms with Crippen molar-refractivity contribution in [3.63, 3.8) is 0 Å². The van der Waals surface area contributed by atoms with Crippen molar-refractivity contribution in [2.75, 3.05) is 14.2 Å². The van der Waals surface area contributed by atoms with Crippen LogP contribution in [0.15, 0.2) is 23.3 Å². The summed E-state index contributed by atoms with van der Waals surface area (Å²) in [7, 11) is 3.24. The first-order valence-corrected chi connectivity index (χ1v) is 7.34. The lowest BCUT2D eigenvalue weighted by Crippen LogP contribution is -2.43. The maximum atomic E-state index is 12.0. The van der Waals surface area contributed by atoms with Crippen LogP contribution < -0.4 is 14.9 Å². The first kappa shape index (κ1) is 13.9. The quantitative estimate of drug-likeness (QED) is 0.928. The molecule has 1 aromatic carbocycles. The molecule has 21 heavy (non-hydrogen) atoms. The molecule has 5 heteroatoms. The fraction of sp³-hybridized carbons (Fsp3) is 0.500. The molecule has 1 aromatic rings. The van der Waals surface area contributed by atoms with Crippen LogP contribution in [0.3, 0.4) is 0 Å². The maximum absolute atomic E-state index is 12.0. The van der Waals surface area contributed by atoms with Crippen LogP contribution in [0.4, 0.5) is 0 Å². The molecule has 5 nitrogen and oxygen atoms in total. The standard InChI is InChI=1S/C16H20N2O3/c1-20-13-8-7-10(9-14(13)21-2)15-11-5-3-4-6-12(11)16(19)18-17-15/h7-9,11-12H,3-6H2,1-2H3,(H,18,19)/t11-,12-/m1/s1. The number of methoxy groups -OCH3 is 2. The number of ether oxygens (including phenoxy) is 2. The third-order valence-electron chi connectivity index (χ3n) is 4.42. The minimum atomic E-state index is 0.0550. The third-order valence-corrected chi connectivity index (χ3v) is 4.42. The predicted molar refractivity (Wildman–Crippen MR) is 79.7 cm³/mol. The lowest BCUT2D eigenvalue weighted by Gasteiger charge is -2.34. The van der Waals surface area contributed by atoms with E-state index < -0.39 is 0 Å². The first-order valence-electron chi connectivity index (χ1n) is 7.34. The van der Waals surface area contributed by atoms with Crippen molar-refractivity contribution in [2.24, 2.45) is 16.9 Å². The number of carbonyl (C=O) groups excluding carboxylic acids is 1. The number of hydrogen-bond donors (Lipinski definition) is 1. The largest absolute Gasteiger partial charge is 0.493 e. The van der Waals surface area contributed by atoms with Crippen LogP contribution >= 0.6 is 0 Å². The van der Waals surface area contributed by atoms with Crippen molar-refractivity contribution in [1.82, 2.24) is 5.43 Å². The second-order valence-corrected chi connectivity index (χ2v) is 5.54. The summed E-state index contributed by atoms with van der Waals surface area (Å²) >= 11 is 0. The molecule has 1 saturated carbocycles. The number of nitrogens with one attached hydrogen (secondary N) is 1. The minimum absolute atomic E-state index is 0.0550. The SMILES string of the molecule is COc1ccc(C2=NNC(=O)[C@@H]3CCCC[C@@H]23)cc1OC. The number of fused-ring (bicyclic) bond motifs is 1. The molecule has 0 saturated heterocycles. The van der Waals surface area contributed by atoms with Crippen LogP contribution in [0, 0.1) is 11.8 Å². The van der Waals surface area contributed by atoms with E-state index in [1.807, 2.05) is 18.2 Å². The van der Waals surface area contributed by atoms with Gasteiger partial charge >= 0.3 is 0 Å². The van der Waals surface area contributed by atoms with Crippen LogP contribution in [0.25, 0.3) is 0 Å². The van der Waals surface area contributed by atoms with Crippen molar-refractivity contribution in [3.8, 4) is 11.5 Å².